The lowest BCUT2D eigenvalue weighted by molar-refractivity contribution is -0.139. The maximum Gasteiger partial charge on any atom is 0.333 e. The standard InChI is InChI=1S/C14H15ClO5S.C7H4Cl2O3S.C6H11NO2.C6H15N.ClH/c1-10(2)14(17)20-9-3-4-13(16)11-5-7-12(8-6-11)21(15,18)19;8-7(10)5-1-3-6(4-2-5)13(9,11)12;1-5(2)6(8)9-4-3-7;1-4-7(5-2)6-3;/h5-8H,1,3-4,9H2,2H3;1-4H;1,3-4,7H2,2H3;4-6H2,1-3H3;1H. The monoisotopic (exact) mass is 834 g/mol. The molecule has 12 nitrogen and oxygen atoms in total. The van der Waals surface area contributed by atoms with Gasteiger partial charge in [0.05, 0.1) is 16.4 Å². The molecule has 2 rings (SSSR count). The average Bonchev–Trinajstić information content (AvgIpc) is 3.06. The van der Waals surface area contributed by atoms with Gasteiger partial charge in [-0.05, 0) is 87.9 Å². The number of nitrogens with zero attached hydrogens (tertiary/aromatic N) is 1. The van der Waals surface area contributed by atoms with E-state index in [0.29, 0.717) is 29.7 Å². The number of benzene rings is 2. The first-order valence-electron chi connectivity index (χ1n) is 15.1. The number of rotatable bonds is 15. The number of hydrogen-bond acceptors (Lipinski definition) is 12. The van der Waals surface area contributed by atoms with Crippen LogP contribution in [-0.2, 0) is 37.2 Å². The number of Topliss-reactive ketones (excluding diaryl/α,β-unsaturated/α-hetero) is 1. The first kappa shape index (κ1) is 52.5. The van der Waals surface area contributed by atoms with Crippen molar-refractivity contribution in [2.75, 3.05) is 39.4 Å². The normalized spacial score (nSPS) is 10.3. The molecule has 288 valence electrons. The molecule has 0 aliphatic heterocycles. The predicted molar refractivity (Wildman–Crippen MR) is 204 cm³/mol. The molecular formula is C33H46Cl4N2O10S2. The molecule has 0 aliphatic rings. The van der Waals surface area contributed by atoms with Gasteiger partial charge in [0.2, 0.25) is 0 Å². The van der Waals surface area contributed by atoms with E-state index >= 15 is 0 Å². The number of hydrogen-bond donors (Lipinski definition) is 1. The molecule has 0 unspecified atom stereocenters. The highest BCUT2D eigenvalue weighted by Crippen LogP contribution is 2.17. The van der Waals surface area contributed by atoms with Gasteiger partial charge in [0.15, 0.2) is 5.78 Å². The fourth-order valence-corrected chi connectivity index (χ4v) is 4.83. The van der Waals surface area contributed by atoms with Crippen molar-refractivity contribution < 1.29 is 45.5 Å². The summed E-state index contributed by atoms with van der Waals surface area (Å²) < 4.78 is 53.1. The quantitative estimate of drug-likeness (QED) is 0.0675. The second-order valence-electron chi connectivity index (χ2n) is 9.97. The lowest BCUT2D eigenvalue weighted by atomic mass is 10.1. The fraction of sp³-hybridized carbons (Fsp3) is 0.394. The van der Waals surface area contributed by atoms with E-state index in [9.17, 15) is 36.0 Å². The van der Waals surface area contributed by atoms with E-state index in [2.05, 4.69) is 43.6 Å². The summed E-state index contributed by atoms with van der Waals surface area (Å²) in [6, 6.07) is 10.4. The van der Waals surface area contributed by atoms with Gasteiger partial charge in [-0.25, -0.2) is 26.4 Å². The van der Waals surface area contributed by atoms with Gasteiger partial charge < -0.3 is 20.1 Å². The minimum Gasteiger partial charge on any atom is -0.462 e. The number of ketones is 1. The zero-order valence-electron chi connectivity index (χ0n) is 29.2. The minimum atomic E-state index is -3.79. The molecule has 0 fully saturated rings. The van der Waals surface area contributed by atoms with Crippen LogP contribution in [0.15, 0.2) is 82.6 Å². The Morgan fingerprint density at radius 1 is 0.706 bits per heavy atom. The third kappa shape index (κ3) is 24.9. The van der Waals surface area contributed by atoms with Gasteiger partial charge in [-0.2, -0.15) is 0 Å². The molecule has 0 aromatic heterocycles. The Bertz CT molecular complexity index is 1620. The Morgan fingerprint density at radius 2 is 1.06 bits per heavy atom. The topological polar surface area (TPSA) is 184 Å². The first-order chi connectivity index (χ1) is 23.2. The average molecular weight is 837 g/mol. The fourth-order valence-electron chi connectivity index (χ4n) is 3.16. The maximum absolute atomic E-state index is 11.8. The van der Waals surface area contributed by atoms with Crippen LogP contribution < -0.4 is 5.73 Å². The Balaban J connectivity index is -0.000000657. The number of ether oxygens (including phenoxy) is 2. The summed E-state index contributed by atoms with van der Waals surface area (Å²) in [7, 11) is 2.71. The molecule has 2 aromatic rings. The molecule has 0 saturated carbocycles. The largest absolute Gasteiger partial charge is 0.462 e. The number of carbonyl (C=O) groups excluding carboxylic acids is 4. The van der Waals surface area contributed by atoms with Crippen molar-refractivity contribution in [2.24, 2.45) is 5.73 Å². The molecule has 0 bridgehead atoms. The molecule has 0 heterocycles. The van der Waals surface area contributed by atoms with Crippen molar-refractivity contribution >= 4 is 86.4 Å². The predicted octanol–water partition coefficient (Wildman–Crippen LogP) is 6.52. The summed E-state index contributed by atoms with van der Waals surface area (Å²) in [6.45, 7) is 20.9. The molecule has 0 spiro atoms. The van der Waals surface area contributed by atoms with E-state index in [0.717, 1.165) is 0 Å². The van der Waals surface area contributed by atoms with E-state index in [-0.39, 0.29) is 59.1 Å². The maximum atomic E-state index is 11.8. The van der Waals surface area contributed by atoms with Crippen LogP contribution in [0, 0.1) is 0 Å². The Hall–Kier alpha value is -2.82. The van der Waals surface area contributed by atoms with E-state index < -0.39 is 29.3 Å². The Morgan fingerprint density at radius 3 is 1.33 bits per heavy atom. The zero-order chi connectivity index (χ0) is 39.1. The van der Waals surface area contributed by atoms with E-state index in [4.69, 9.17) is 43.4 Å². The molecule has 51 heavy (non-hydrogen) atoms. The highest BCUT2D eigenvalue weighted by molar-refractivity contribution is 8.14. The van der Waals surface area contributed by atoms with Crippen LogP contribution in [0.2, 0.25) is 0 Å². The van der Waals surface area contributed by atoms with Crippen molar-refractivity contribution in [1.82, 2.24) is 4.90 Å². The first-order valence-corrected chi connectivity index (χ1v) is 20.1. The Kier molecular flexibility index (Phi) is 28.6. The minimum absolute atomic E-state index is 0. The lowest BCUT2D eigenvalue weighted by Crippen LogP contribution is -2.21. The van der Waals surface area contributed by atoms with Crippen LogP contribution >= 0.6 is 45.4 Å². The van der Waals surface area contributed by atoms with Gasteiger partial charge in [-0.3, -0.25) is 9.59 Å². The van der Waals surface area contributed by atoms with Crippen LogP contribution in [0.3, 0.4) is 0 Å². The highest BCUT2D eigenvalue weighted by atomic mass is 35.7. The second-order valence-corrected chi connectivity index (χ2v) is 15.4. The number of halogens is 4. The molecular weight excluding hydrogens is 790 g/mol. The van der Waals surface area contributed by atoms with Gasteiger partial charge in [-0.1, -0.05) is 46.1 Å². The summed E-state index contributed by atoms with van der Waals surface area (Å²) in [5.74, 6) is -1.03. The number of esters is 2. The van der Waals surface area contributed by atoms with Crippen molar-refractivity contribution in [3.8, 4) is 0 Å². The van der Waals surface area contributed by atoms with Crippen LogP contribution in [0.1, 0.15) is 68.2 Å². The molecule has 0 amide bonds. The zero-order valence-corrected chi connectivity index (χ0v) is 33.9. The van der Waals surface area contributed by atoms with Gasteiger partial charge >= 0.3 is 11.9 Å². The summed E-state index contributed by atoms with van der Waals surface area (Å²) >= 11 is 5.15. The highest BCUT2D eigenvalue weighted by Gasteiger charge is 2.12. The van der Waals surface area contributed by atoms with Gasteiger partial charge in [-0.15, -0.1) is 12.4 Å². The van der Waals surface area contributed by atoms with Crippen molar-refractivity contribution in [3.63, 3.8) is 0 Å². The molecule has 0 radical (unpaired) electrons. The van der Waals surface area contributed by atoms with Gasteiger partial charge in [0.1, 0.15) is 6.61 Å². The second kappa shape index (κ2) is 27.8. The molecule has 0 aliphatic carbocycles. The summed E-state index contributed by atoms with van der Waals surface area (Å²) in [4.78, 5) is 46.3. The number of carbonyl (C=O) groups is 4. The van der Waals surface area contributed by atoms with Crippen LogP contribution in [0.25, 0.3) is 0 Å². The molecule has 18 heteroatoms. The van der Waals surface area contributed by atoms with E-state index in [1.54, 1.807) is 13.8 Å². The van der Waals surface area contributed by atoms with Crippen LogP contribution in [0.4, 0.5) is 0 Å². The summed E-state index contributed by atoms with van der Waals surface area (Å²) in [6.07, 6.45) is 0.573. The van der Waals surface area contributed by atoms with Crippen LogP contribution in [-0.4, -0.2) is 84.1 Å². The third-order valence-corrected chi connectivity index (χ3v) is 8.95. The Labute approximate surface area is 321 Å². The third-order valence-electron chi connectivity index (χ3n) is 5.99. The smallest absolute Gasteiger partial charge is 0.333 e. The van der Waals surface area contributed by atoms with Crippen molar-refractivity contribution in [2.45, 2.75) is 57.3 Å². The lowest BCUT2D eigenvalue weighted by Gasteiger charge is -2.13. The van der Waals surface area contributed by atoms with E-state index in [1.807, 2.05) is 0 Å². The van der Waals surface area contributed by atoms with Crippen molar-refractivity contribution in [3.05, 3.63) is 84.0 Å². The molecule has 0 atom stereocenters. The van der Waals surface area contributed by atoms with Gasteiger partial charge in [0.25, 0.3) is 23.3 Å². The van der Waals surface area contributed by atoms with E-state index in [1.165, 1.54) is 68.2 Å². The molecule has 0 saturated heterocycles. The molecule has 2 N–H and O–H groups in total. The number of nitrogens with two attached hydrogens (primary N) is 1. The van der Waals surface area contributed by atoms with Crippen molar-refractivity contribution in [1.29, 1.82) is 0 Å². The van der Waals surface area contributed by atoms with Gasteiger partial charge in [0, 0.05) is 56.6 Å². The SMILES string of the molecule is C=C(C)C(=O)OCCCC(=O)c1ccc(S(=O)(=O)Cl)cc1.C=C(C)C(=O)OCCN.CCN(CC)CC.Cl.O=C(Cl)c1ccc(S(=O)(=O)Cl)cc1. The van der Waals surface area contributed by atoms with Crippen LogP contribution in [0.5, 0.6) is 0 Å². The molecule has 2 aromatic carbocycles. The summed E-state index contributed by atoms with van der Waals surface area (Å²) in [5, 5.41) is -0.640. The summed E-state index contributed by atoms with van der Waals surface area (Å²) in [5.41, 5.74) is 6.39.